The first-order valence-corrected chi connectivity index (χ1v) is 3.28. The average Bonchev–Trinajstić information content (AvgIpc) is 2.06. The second-order valence-electron chi connectivity index (χ2n) is 2.26. The van der Waals surface area contributed by atoms with Crippen LogP contribution in [0.25, 0.3) is 10.8 Å². The molecule has 2 aromatic rings. The van der Waals surface area contributed by atoms with Gasteiger partial charge in [-0.05, 0) is 12.1 Å². The van der Waals surface area contributed by atoms with E-state index in [0.29, 0.717) is 5.82 Å². The van der Waals surface area contributed by atoms with E-state index in [0.717, 1.165) is 10.8 Å². The van der Waals surface area contributed by atoms with Crippen molar-refractivity contribution in [2.45, 2.75) is 0 Å². The van der Waals surface area contributed by atoms with Crippen LogP contribution in [0.2, 0.25) is 0 Å². The molecule has 3 heteroatoms. The Morgan fingerprint density at radius 2 is 2.09 bits per heavy atom. The van der Waals surface area contributed by atoms with Gasteiger partial charge in [0.05, 0.1) is 0 Å². The van der Waals surface area contributed by atoms with Crippen LogP contribution in [-0.4, -0.2) is 9.97 Å². The maximum atomic E-state index is 7.42. The molecule has 0 saturated carbocycles. The summed E-state index contributed by atoms with van der Waals surface area (Å²) in [7, 11) is 0. The standard InChI is InChI=1S/C8H6N3/c9-8-7-2-3-10-5-6(7)1-4-11-8/h1-5,9H. The highest BCUT2D eigenvalue weighted by Crippen LogP contribution is 2.16. The van der Waals surface area contributed by atoms with Gasteiger partial charge < -0.3 is 0 Å². The van der Waals surface area contributed by atoms with E-state index in [-0.39, 0.29) is 0 Å². The number of fused-ring (bicyclic) bond motifs is 1. The number of aromatic nitrogens is 2. The van der Waals surface area contributed by atoms with E-state index in [1.54, 1.807) is 24.7 Å². The van der Waals surface area contributed by atoms with Gasteiger partial charge in [0.2, 0.25) is 0 Å². The largest absolute Gasteiger partial charge is 0.282 e. The molecular formula is C8H6N3. The second-order valence-corrected chi connectivity index (χ2v) is 2.26. The van der Waals surface area contributed by atoms with Crippen molar-refractivity contribution in [3.8, 4) is 0 Å². The normalized spacial score (nSPS) is 10.2. The van der Waals surface area contributed by atoms with E-state index in [4.69, 9.17) is 5.73 Å². The molecule has 0 amide bonds. The highest BCUT2D eigenvalue weighted by atomic mass is 14.8. The molecule has 0 fully saturated rings. The van der Waals surface area contributed by atoms with Gasteiger partial charge in [0.15, 0.2) is 5.82 Å². The average molecular weight is 144 g/mol. The van der Waals surface area contributed by atoms with E-state index >= 15 is 0 Å². The molecule has 2 aromatic heterocycles. The number of nitrogens with one attached hydrogen (secondary N) is 1. The summed E-state index contributed by atoms with van der Waals surface area (Å²) in [4.78, 5) is 7.79. The first-order valence-electron chi connectivity index (χ1n) is 3.28. The highest BCUT2D eigenvalue weighted by molar-refractivity contribution is 5.88. The summed E-state index contributed by atoms with van der Waals surface area (Å²) >= 11 is 0. The molecule has 1 N–H and O–H groups in total. The molecule has 1 radical (unpaired) electrons. The SMILES string of the molecule is [NH]c1nccc2cnccc12. The van der Waals surface area contributed by atoms with E-state index in [9.17, 15) is 0 Å². The van der Waals surface area contributed by atoms with Crippen LogP contribution < -0.4 is 5.73 Å². The van der Waals surface area contributed by atoms with Crippen LogP contribution >= 0.6 is 0 Å². The summed E-state index contributed by atoms with van der Waals surface area (Å²) < 4.78 is 0. The van der Waals surface area contributed by atoms with Crippen molar-refractivity contribution >= 4 is 16.6 Å². The smallest absolute Gasteiger partial charge is 0.152 e. The number of rotatable bonds is 0. The van der Waals surface area contributed by atoms with Crippen LogP contribution in [0.1, 0.15) is 0 Å². The van der Waals surface area contributed by atoms with E-state index < -0.39 is 0 Å². The molecule has 0 spiro atoms. The third-order valence-electron chi connectivity index (χ3n) is 1.56. The van der Waals surface area contributed by atoms with Crippen molar-refractivity contribution in [3.63, 3.8) is 0 Å². The number of hydrogen-bond donors (Lipinski definition) is 0. The maximum absolute atomic E-state index is 7.42. The molecule has 0 unspecified atom stereocenters. The zero-order valence-corrected chi connectivity index (χ0v) is 5.78. The van der Waals surface area contributed by atoms with Gasteiger partial charge >= 0.3 is 0 Å². The number of pyridine rings is 2. The number of hydrogen-bond acceptors (Lipinski definition) is 2. The lowest BCUT2D eigenvalue weighted by molar-refractivity contribution is 1.27. The fourth-order valence-electron chi connectivity index (χ4n) is 1.02. The summed E-state index contributed by atoms with van der Waals surface area (Å²) in [6.07, 6.45) is 5.02. The van der Waals surface area contributed by atoms with E-state index in [1.165, 1.54) is 0 Å². The minimum Gasteiger partial charge on any atom is -0.282 e. The van der Waals surface area contributed by atoms with Crippen molar-refractivity contribution in [1.82, 2.24) is 15.7 Å². The summed E-state index contributed by atoms with van der Waals surface area (Å²) in [5, 5.41) is 1.81. The van der Waals surface area contributed by atoms with E-state index in [2.05, 4.69) is 9.97 Å². The van der Waals surface area contributed by atoms with E-state index in [1.807, 2.05) is 6.07 Å². The van der Waals surface area contributed by atoms with Gasteiger partial charge in [0.25, 0.3) is 0 Å². The van der Waals surface area contributed by atoms with Crippen LogP contribution in [0.15, 0.2) is 30.7 Å². The van der Waals surface area contributed by atoms with Gasteiger partial charge in [-0.15, -0.1) is 0 Å². The van der Waals surface area contributed by atoms with Crippen LogP contribution in [-0.2, 0) is 0 Å². The molecule has 0 aromatic carbocycles. The molecule has 3 nitrogen and oxygen atoms in total. The Hall–Kier alpha value is -1.64. The quantitative estimate of drug-likeness (QED) is 0.563. The fraction of sp³-hybridized carbons (Fsp3) is 0. The Bertz CT molecular complexity index is 378. The van der Waals surface area contributed by atoms with Gasteiger partial charge in [-0.25, -0.2) is 4.98 Å². The summed E-state index contributed by atoms with van der Waals surface area (Å²) in [5.41, 5.74) is 7.42. The van der Waals surface area contributed by atoms with Crippen LogP contribution in [0, 0.1) is 0 Å². The minimum absolute atomic E-state index is 0.310. The topological polar surface area (TPSA) is 49.6 Å². The molecule has 2 rings (SSSR count). The van der Waals surface area contributed by atoms with Crippen molar-refractivity contribution in [1.29, 1.82) is 0 Å². The maximum Gasteiger partial charge on any atom is 0.152 e. The van der Waals surface area contributed by atoms with Gasteiger partial charge in [0.1, 0.15) is 0 Å². The molecule has 0 bridgehead atoms. The molecule has 2 heterocycles. The molecular weight excluding hydrogens is 138 g/mol. The first kappa shape index (κ1) is 6.09. The lowest BCUT2D eigenvalue weighted by Crippen LogP contribution is -1.80. The monoisotopic (exact) mass is 144 g/mol. The molecule has 0 aliphatic rings. The molecule has 53 valence electrons. The van der Waals surface area contributed by atoms with Crippen LogP contribution in [0.5, 0.6) is 0 Å². The summed E-state index contributed by atoms with van der Waals surface area (Å²) in [6.45, 7) is 0. The van der Waals surface area contributed by atoms with Crippen molar-refractivity contribution < 1.29 is 0 Å². The summed E-state index contributed by atoms with van der Waals surface area (Å²) in [5.74, 6) is 0.310. The van der Waals surface area contributed by atoms with Gasteiger partial charge in [-0.3, -0.25) is 10.7 Å². The molecule has 0 aliphatic carbocycles. The predicted octanol–water partition coefficient (Wildman–Crippen LogP) is 1.54. The van der Waals surface area contributed by atoms with Crippen molar-refractivity contribution in [3.05, 3.63) is 30.7 Å². The van der Waals surface area contributed by atoms with Gasteiger partial charge in [-0.1, -0.05) is 0 Å². The van der Waals surface area contributed by atoms with Crippen LogP contribution in [0.4, 0.5) is 5.82 Å². The lowest BCUT2D eigenvalue weighted by atomic mass is 10.2. The second kappa shape index (κ2) is 2.20. The Labute approximate surface area is 63.9 Å². The van der Waals surface area contributed by atoms with Gasteiger partial charge in [-0.2, -0.15) is 0 Å². The van der Waals surface area contributed by atoms with Crippen LogP contribution in [0.3, 0.4) is 0 Å². The lowest BCUT2D eigenvalue weighted by Gasteiger charge is -1.96. The number of nitrogens with zero attached hydrogens (tertiary/aromatic N) is 2. The fourth-order valence-corrected chi connectivity index (χ4v) is 1.02. The molecule has 0 aliphatic heterocycles. The van der Waals surface area contributed by atoms with Crippen molar-refractivity contribution in [2.75, 3.05) is 0 Å². The first-order chi connectivity index (χ1) is 5.38. The Kier molecular flexibility index (Phi) is 1.22. The zero-order valence-electron chi connectivity index (χ0n) is 5.78. The third-order valence-corrected chi connectivity index (χ3v) is 1.56. The zero-order chi connectivity index (χ0) is 7.68. The Morgan fingerprint density at radius 1 is 1.18 bits per heavy atom. The Balaban J connectivity index is 2.91. The molecule has 0 saturated heterocycles. The minimum atomic E-state index is 0.310. The van der Waals surface area contributed by atoms with Crippen molar-refractivity contribution in [2.24, 2.45) is 0 Å². The predicted molar refractivity (Wildman–Crippen MR) is 42.3 cm³/mol. The molecule has 11 heavy (non-hydrogen) atoms. The van der Waals surface area contributed by atoms with Gasteiger partial charge in [0, 0.05) is 29.4 Å². The Morgan fingerprint density at radius 3 is 2.91 bits per heavy atom. The highest BCUT2D eigenvalue weighted by Gasteiger charge is 1.95. The molecule has 0 atom stereocenters. The third kappa shape index (κ3) is 0.902. The summed E-state index contributed by atoms with van der Waals surface area (Å²) in [6, 6.07) is 3.64.